The Labute approximate surface area is 291 Å². The third-order valence-electron chi connectivity index (χ3n) is 9.49. The van der Waals surface area contributed by atoms with Crippen LogP contribution < -0.4 is 24.8 Å². The summed E-state index contributed by atoms with van der Waals surface area (Å²) in [6, 6.07) is 5.63. The Bertz CT molecular complexity index is 1790. The predicted molar refractivity (Wildman–Crippen MR) is 188 cm³/mol. The van der Waals surface area contributed by atoms with Crippen molar-refractivity contribution in [2.45, 2.75) is 81.9 Å². The van der Waals surface area contributed by atoms with Crippen LogP contribution in [0.2, 0.25) is 0 Å². The summed E-state index contributed by atoms with van der Waals surface area (Å²) in [5.74, 6) is -0.224. The number of hydrogen-bond donors (Lipinski definition) is 3. The van der Waals surface area contributed by atoms with Crippen molar-refractivity contribution in [3.05, 3.63) is 43.1 Å². The van der Waals surface area contributed by atoms with Gasteiger partial charge in [0.25, 0.3) is 5.91 Å². The maximum Gasteiger partial charge on any atom is 0.259 e. The van der Waals surface area contributed by atoms with Gasteiger partial charge in [0, 0.05) is 36.2 Å². The van der Waals surface area contributed by atoms with E-state index in [1.165, 1.54) is 11.0 Å². The zero-order chi connectivity index (χ0) is 35.1. The minimum absolute atomic E-state index is 0.0825. The van der Waals surface area contributed by atoms with Crippen LogP contribution in [-0.2, 0) is 24.4 Å². The third kappa shape index (κ3) is 7.37. The Balaban J connectivity index is 1.29. The fourth-order valence-electron chi connectivity index (χ4n) is 6.39. The van der Waals surface area contributed by atoms with Gasteiger partial charge in [0.15, 0.2) is 5.17 Å². The number of methoxy groups -OCH3 is 1. The molecule has 3 amide bonds. The summed E-state index contributed by atoms with van der Waals surface area (Å²) in [5, 5.41) is 7.87. The largest absolute Gasteiger partial charge is 0.497 e. The molecule has 0 radical (unpaired) electrons. The second-order valence-electron chi connectivity index (χ2n) is 14.2. The molecule has 2 aliphatic carbocycles. The van der Waals surface area contributed by atoms with E-state index in [2.05, 4.69) is 31.9 Å². The number of carbonyl (C=O) groups excluding carboxylic acids is 3. The van der Waals surface area contributed by atoms with Crippen LogP contribution in [0, 0.1) is 11.3 Å². The Morgan fingerprint density at radius 1 is 1.20 bits per heavy atom. The molecule has 1 aromatic heterocycles. The van der Waals surface area contributed by atoms with Gasteiger partial charge >= 0.3 is 0 Å². The van der Waals surface area contributed by atoms with E-state index < -0.39 is 62.1 Å². The van der Waals surface area contributed by atoms with Crippen LogP contribution in [0.15, 0.2) is 48.1 Å². The van der Waals surface area contributed by atoms with Crippen LogP contribution >= 0.6 is 11.8 Å². The molecule has 3 heterocycles. The Kier molecular flexibility index (Phi) is 9.61. The maximum absolute atomic E-state index is 14.5. The number of hydrogen-bond acceptors (Lipinski definition) is 11. The molecule has 1 aromatic carbocycles. The molecular weight excluding hydrogens is 669 g/mol. The number of fused-ring (bicyclic) bond motifs is 1. The molecule has 15 heteroatoms. The van der Waals surface area contributed by atoms with Gasteiger partial charge in [-0.05, 0) is 60.7 Å². The Morgan fingerprint density at radius 2 is 1.98 bits per heavy atom. The molecule has 5 atom stereocenters. The van der Waals surface area contributed by atoms with Crippen LogP contribution in [0.3, 0.4) is 0 Å². The number of thioether (sulfide) groups is 1. The minimum atomic E-state index is -3.85. The average molecular weight is 713 g/mol. The summed E-state index contributed by atoms with van der Waals surface area (Å²) in [5.41, 5.74) is -2.05. The Hall–Kier alpha value is -3.85. The SMILES string of the molecule is C=C[C@@H]1C[C@]1(NC(=O)[C@@H]1C[C@@H](Oc2nccc3cc(OC)ccc23)CN1C(=O)[C@@H](NC1=NCCCS1)C(C)(C)C)C(=O)NS(=O)(=O)C1CC1. The molecule has 3 fully saturated rings. The first-order chi connectivity index (χ1) is 23.3. The number of benzene rings is 1. The van der Waals surface area contributed by atoms with Gasteiger partial charge in [-0.3, -0.25) is 24.1 Å². The smallest absolute Gasteiger partial charge is 0.259 e. The summed E-state index contributed by atoms with van der Waals surface area (Å²) in [7, 11) is -2.26. The Morgan fingerprint density at radius 3 is 2.61 bits per heavy atom. The molecule has 3 N–H and O–H groups in total. The van der Waals surface area contributed by atoms with Gasteiger partial charge in [-0.15, -0.1) is 6.58 Å². The molecule has 13 nitrogen and oxygen atoms in total. The fourth-order valence-corrected chi connectivity index (χ4v) is 8.60. The van der Waals surface area contributed by atoms with Crippen molar-refractivity contribution < 1.29 is 32.3 Å². The molecule has 0 bridgehead atoms. The van der Waals surface area contributed by atoms with Gasteiger partial charge in [-0.2, -0.15) is 0 Å². The zero-order valence-corrected chi connectivity index (χ0v) is 29.9. The highest BCUT2D eigenvalue weighted by Crippen LogP contribution is 2.45. The van der Waals surface area contributed by atoms with Crippen molar-refractivity contribution in [1.29, 1.82) is 0 Å². The first-order valence-electron chi connectivity index (χ1n) is 16.6. The van der Waals surface area contributed by atoms with Gasteiger partial charge in [0.05, 0.1) is 18.9 Å². The van der Waals surface area contributed by atoms with Crippen molar-refractivity contribution in [2.24, 2.45) is 16.3 Å². The number of pyridine rings is 1. The number of carbonyl (C=O) groups is 3. The molecule has 49 heavy (non-hydrogen) atoms. The number of sulfonamides is 1. The van der Waals surface area contributed by atoms with Crippen LogP contribution in [0.1, 0.15) is 52.9 Å². The van der Waals surface area contributed by atoms with Gasteiger partial charge in [0.1, 0.15) is 29.5 Å². The predicted octanol–water partition coefficient (Wildman–Crippen LogP) is 2.76. The maximum atomic E-state index is 14.5. The van der Waals surface area contributed by atoms with E-state index >= 15 is 0 Å². The van der Waals surface area contributed by atoms with E-state index in [-0.39, 0.29) is 25.3 Å². The first kappa shape index (κ1) is 35.0. The van der Waals surface area contributed by atoms with Gasteiger partial charge in [0.2, 0.25) is 27.7 Å². The number of amides is 3. The molecule has 0 unspecified atom stereocenters. The van der Waals surface area contributed by atoms with Gasteiger partial charge < -0.3 is 25.0 Å². The van der Waals surface area contributed by atoms with Crippen LogP contribution in [0.5, 0.6) is 11.6 Å². The lowest BCUT2D eigenvalue weighted by Crippen LogP contribution is -2.60. The third-order valence-corrected chi connectivity index (χ3v) is 12.3. The molecule has 0 spiro atoms. The van der Waals surface area contributed by atoms with Crippen molar-refractivity contribution in [3.8, 4) is 11.6 Å². The van der Waals surface area contributed by atoms with Gasteiger partial charge in [-0.1, -0.05) is 38.6 Å². The molecule has 2 aliphatic heterocycles. The molecule has 1 saturated heterocycles. The van der Waals surface area contributed by atoms with Crippen molar-refractivity contribution in [2.75, 3.05) is 26.0 Å². The van der Waals surface area contributed by atoms with Crippen molar-refractivity contribution in [3.63, 3.8) is 0 Å². The van der Waals surface area contributed by atoms with Crippen molar-refractivity contribution >= 4 is 55.4 Å². The number of ether oxygens (including phenoxy) is 2. The lowest BCUT2D eigenvalue weighted by molar-refractivity contribution is -0.142. The summed E-state index contributed by atoms with van der Waals surface area (Å²) >= 11 is 1.56. The normalized spacial score (nSPS) is 25.9. The highest BCUT2D eigenvalue weighted by atomic mass is 32.2. The van der Waals surface area contributed by atoms with Crippen LogP contribution in [0.4, 0.5) is 0 Å². The second kappa shape index (κ2) is 13.5. The quantitative estimate of drug-likeness (QED) is 0.295. The lowest BCUT2D eigenvalue weighted by Gasteiger charge is -2.36. The molecule has 6 rings (SSSR count). The topological polar surface area (TPSA) is 168 Å². The molecule has 4 aliphatic rings. The highest BCUT2D eigenvalue weighted by molar-refractivity contribution is 8.13. The average Bonchev–Trinajstić information content (AvgIpc) is 4.00. The van der Waals surface area contributed by atoms with E-state index in [4.69, 9.17) is 9.47 Å². The molecule has 2 aromatic rings. The number of amidine groups is 1. The monoisotopic (exact) mass is 712 g/mol. The van der Waals surface area contributed by atoms with E-state index in [0.717, 1.165) is 22.9 Å². The summed E-state index contributed by atoms with van der Waals surface area (Å²) in [6.07, 6.45) is 4.79. The number of rotatable bonds is 11. The van der Waals surface area contributed by atoms with E-state index in [1.54, 1.807) is 25.1 Å². The number of nitrogens with zero attached hydrogens (tertiary/aromatic N) is 3. The second-order valence-corrected chi connectivity index (χ2v) is 17.2. The van der Waals surface area contributed by atoms with Crippen molar-refractivity contribution in [1.82, 2.24) is 25.2 Å². The number of likely N-dealkylation sites (tertiary alicyclic amines) is 1. The summed E-state index contributed by atoms with van der Waals surface area (Å²) < 4.78 is 39.3. The summed E-state index contributed by atoms with van der Waals surface area (Å²) in [6.45, 7) is 10.4. The fraction of sp³-hybridized carbons (Fsp3) is 0.559. The van der Waals surface area contributed by atoms with E-state index in [0.29, 0.717) is 36.2 Å². The van der Waals surface area contributed by atoms with Crippen LogP contribution in [0.25, 0.3) is 10.8 Å². The lowest BCUT2D eigenvalue weighted by atomic mass is 9.85. The minimum Gasteiger partial charge on any atom is -0.497 e. The molecule has 2 saturated carbocycles. The van der Waals surface area contributed by atoms with Gasteiger partial charge in [-0.25, -0.2) is 13.4 Å². The van der Waals surface area contributed by atoms with Crippen LogP contribution in [-0.4, -0.2) is 96.1 Å². The zero-order valence-electron chi connectivity index (χ0n) is 28.2. The summed E-state index contributed by atoms with van der Waals surface area (Å²) in [4.78, 5) is 52.7. The number of aliphatic imine (C=N–C) groups is 1. The molecule has 264 valence electrons. The molecular formula is C34H44N6O7S2. The number of nitrogens with one attached hydrogen (secondary N) is 3. The van der Waals surface area contributed by atoms with E-state index in [1.807, 2.05) is 45.0 Å². The first-order valence-corrected chi connectivity index (χ1v) is 19.1. The number of aromatic nitrogens is 1. The van der Waals surface area contributed by atoms with E-state index in [9.17, 15) is 22.8 Å². The standard InChI is InChI=1S/C34H44N6O7S2/c1-6-21-18-34(21,31(43)39-49(44,45)24-9-10-24)38-28(41)26-17-23(47-29-25-11-8-22(46-5)16-20(25)12-14-35-29)19-40(26)30(42)27(33(2,3)4)37-32-36-13-7-15-48-32/h6,8,11-12,14,16,21,23-24,26-27H,1,7,9-10,13,15,17-19H2,2-5H3,(H,36,37)(H,38,41)(H,39,43)/t21-,23-,26+,27-,34-/m1/s1. The highest BCUT2D eigenvalue weighted by Gasteiger charge is 2.62.